The Hall–Kier alpha value is -3.73. The number of likely N-dealkylation sites (tertiary alicyclic amines) is 1. The summed E-state index contributed by atoms with van der Waals surface area (Å²) in [6.45, 7) is 0.761. The van der Waals surface area contributed by atoms with Gasteiger partial charge in [-0.1, -0.05) is 16.8 Å². The summed E-state index contributed by atoms with van der Waals surface area (Å²) < 4.78 is 20.6. The van der Waals surface area contributed by atoms with E-state index in [4.69, 9.17) is 21.2 Å². The number of H-pyrrole nitrogens is 1. The molecule has 32 heavy (non-hydrogen) atoms. The lowest BCUT2D eigenvalue weighted by Gasteiger charge is -2.30. The molecular weight excluding hydrogens is 443 g/mol. The van der Waals surface area contributed by atoms with Crippen LogP contribution in [0.5, 0.6) is 0 Å². The Kier molecular flexibility index (Phi) is 4.89. The Morgan fingerprint density at radius 2 is 2.03 bits per heavy atom. The fraction of sp³-hybridized carbons (Fsp3) is 0.250. The number of amides is 1. The third kappa shape index (κ3) is 3.60. The monoisotopic (exact) mass is 458 g/mol. The fourth-order valence-electron chi connectivity index (χ4n) is 3.96. The number of aromatic amines is 1. The molecule has 4 aromatic rings. The highest BCUT2D eigenvalue weighted by molar-refractivity contribution is 6.30. The topological polar surface area (TPSA) is 130 Å². The van der Waals surface area contributed by atoms with Crippen LogP contribution in [0.2, 0.25) is 5.02 Å². The van der Waals surface area contributed by atoms with Gasteiger partial charge in [-0.3, -0.25) is 4.79 Å². The quantitative estimate of drug-likeness (QED) is 0.481. The summed E-state index contributed by atoms with van der Waals surface area (Å²) in [5, 5.41) is 17.6. The number of benzene rings is 1. The van der Waals surface area contributed by atoms with Crippen molar-refractivity contribution in [2.75, 3.05) is 13.1 Å². The number of fused-ring (bicyclic) bond motifs is 1. The SMILES string of the molecule is O=C(O)N1CCC(c2cc(=O)[nH]c3c(-c4nc(-c5cc(F)cc(Cl)c5)no4)cnn23)CC1. The van der Waals surface area contributed by atoms with E-state index >= 15 is 0 Å². The molecule has 4 heterocycles. The predicted molar refractivity (Wildman–Crippen MR) is 111 cm³/mol. The molecule has 0 radical (unpaired) electrons. The van der Waals surface area contributed by atoms with Crippen LogP contribution in [0.3, 0.4) is 0 Å². The first kappa shape index (κ1) is 20.2. The molecule has 1 fully saturated rings. The van der Waals surface area contributed by atoms with E-state index in [-0.39, 0.29) is 28.2 Å². The Morgan fingerprint density at radius 1 is 1.25 bits per heavy atom. The largest absolute Gasteiger partial charge is 0.465 e. The standard InChI is InChI=1S/C20H16ClFN6O4/c21-12-5-11(6-13(22)7-12)17-25-19(32-26-17)14-9-23-28-15(8-16(29)24-18(14)28)10-1-3-27(4-2-10)20(30)31/h5-10H,1-4H2,(H,24,29)(H,30,31). The number of rotatable bonds is 3. The van der Waals surface area contributed by atoms with Crippen LogP contribution in [0, 0.1) is 5.82 Å². The first-order valence-electron chi connectivity index (χ1n) is 9.78. The molecule has 0 unspecified atom stereocenters. The molecule has 12 heteroatoms. The van der Waals surface area contributed by atoms with E-state index < -0.39 is 11.9 Å². The van der Waals surface area contributed by atoms with Gasteiger partial charge in [0, 0.05) is 35.7 Å². The maximum absolute atomic E-state index is 13.7. The molecule has 0 aliphatic carbocycles. The lowest BCUT2D eigenvalue weighted by atomic mass is 9.93. The Morgan fingerprint density at radius 3 is 2.75 bits per heavy atom. The van der Waals surface area contributed by atoms with Crippen molar-refractivity contribution in [1.82, 2.24) is 29.6 Å². The van der Waals surface area contributed by atoms with Crippen LogP contribution in [-0.2, 0) is 0 Å². The summed E-state index contributed by atoms with van der Waals surface area (Å²) in [6, 6.07) is 5.39. The van der Waals surface area contributed by atoms with Crippen molar-refractivity contribution in [3.63, 3.8) is 0 Å². The summed E-state index contributed by atoms with van der Waals surface area (Å²) in [6.07, 6.45) is 1.69. The van der Waals surface area contributed by atoms with Crippen molar-refractivity contribution >= 4 is 23.3 Å². The van der Waals surface area contributed by atoms with E-state index in [1.807, 2.05) is 0 Å². The third-order valence-electron chi connectivity index (χ3n) is 5.50. The summed E-state index contributed by atoms with van der Waals surface area (Å²) in [4.78, 5) is 31.9. The van der Waals surface area contributed by atoms with E-state index in [9.17, 15) is 14.0 Å². The molecular formula is C20H16ClFN6O4. The number of piperidine rings is 1. The van der Waals surface area contributed by atoms with Gasteiger partial charge in [-0.05, 0) is 31.0 Å². The van der Waals surface area contributed by atoms with Gasteiger partial charge in [0.15, 0.2) is 0 Å². The second-order valence-corrected chi connectivity index (χ2v) is 7.94. The molecule has 1 aromatic carbocycles. The van der Waals surface area contributed by atoms with Gasteiger partial charge in [-0.15, -0.1) is 0 Å². The lowest BCUT2D eigenvalue weighted by molar-refractivity contribution is 0.131. The Bertz CT molecular complexity index is 1370. The highest BCUT2D eigenvalue weighted by Gasteiger charge is 2.27. The van der Waals surface area contributed by atoms with E-state index in [0.717, 1.165) is 0 Å². The van der Waals surface area contributed by atoms with Gasteiger partial charge in [-0.2, -0.15) is 10.1 Å². The van der Waals surface area contributed by atoms with Crippen molar-refractivity contribution in [3.05, 3.63) is 57.3 Å². The predicted octanol–water partition coefficient (Wildman–Crippen LogP) is 3.39. The van der Waals surface area contributed by atoms with Gasteiger partial charge in [-0.25, -0.2) is 13.7 Å². The number of nitrogens with zero attached hydrogens (tertiary/aromatic N) is 5. The summed E-state index contributed by atoms with van der Waals surface area (Å²) in [5.74, 6) is -0.322. The van der Waals surface area contributed by atoms with E-state index in [1.165, 1.54) is 35.4 Å². The zero-order chi connectivity index (χ0) is 22.4. The van der Waals surface area contributed by atoms with Crippen LogP contribution in [0.1, 0.15) is 24.5 Å². The summed E-state index contributed by atoms with van der Waals surface area (Å²) in [7, 11) is 0. The third-order valence-corrected chi connectivity index (χ3v) is 5.71. The minimum atomic E-state index is -0.951. The van der Waals surface area contributed by atoms with Crippen molar-refractivity contribution in [3.8, 4) is 22.8 Å². The Balaban J connectivity index is 1.51. The van der Waals surface area contributed by atoms with Crippen LogP contribution < -0.4 is 5.56 Å². The molecule has 0 spiro atoms. The molecule has 0 bridgehead atoms. The first-order chi connectivity index (χ1) is 15.4. The number of hydrogen-bond acceptors (Lipinski definition) is 6. The van der Waals surface area contributed by atoms with Crippen molar-refractivity contribution in [2.45, 2.75) is 18.8 Å². The van der Waals surface area contributed by atoms with Crippen molar-refractivity contribution in [1.29, 1.82) is 0 Å². The van der Waals surface area contributed by atoms with Gasteiger partial charge in [0.05, 0.1) is 11.9 Å². The molecule has 1 amide bonds. The maximum atomic E-state index is 13.7. The number of hydrogen-bond donors (Lipinski definition) is 2. The van der Waals surface area contributed by atoms with Gasteiger partial charge in [0.25, 0.3) is 11.4 Å². The van der Waals surface area contributed by atoms with Gasteiger partial charge < -0.3 is 19.5 Å². The minimum Gasteiger partial charge on any atom is -0.465 e. The minimum absolute atomic E-state index is 0.0316. The summed E-state index contributed by atoms with van der Waals surface area (Å²) >= 11 is 5.90. The van der Waals surface area contributed by atoms with E-state index in [0.29, 0.717) is 48.4 Å². The average molecular weight is 459 g/mol. The molecule has 10 nitrogen and oxygen atoms in total. The molecule has 1 saturated heterocycles. The van der Waals surface area contributed by atoms with Crippen LogP contribution in [0.15, 0.2) is 39.8 Å². The molecule has 0 saturated carbocycles. The highest BCUT2D eigenvalue weighted by Crippen LogP contribution is 2.30. The van der Waals surface area contributed by atoms with Crippen LogP contribution in [0.4, 0.5) is 9.18 Å². The highest BCUT2D eigenvalue weighted by atomic mass is 35.5. The van der Waals surface area contributed by atoms with E-state index in [2.05, 4.69) is 20.2 Å². The number of aromatic nitrogens is 5. The van der Waals surface area contributed by atoms with Crippen molar-refractivity contribution in [2.24, 2.45) is 0 Å². The van der Waals surface area contributed by atoms with Crippen LogP contribution in [-0.4, -0.2) is 53.9 Å². The summed E-state index contributed by atoms with van der Waals surface area (Å²) in [5.41, 5.74) is 1.48. The molecule has 164 valence electrons. The zero-order valence-electron chi connectivity index (χ0n) is 16.5. The van der Waals surface area contributed by atoms with E-state index in [1.54, 1.807) is 4.52 Å². The van der Waals surface area contributed by atoms with Crippen molar-refractivity contribution < 1.29 is 18.8 Å². The molecule has 1 aliphatic rings. The smallest absolute Gasteiger partial charge is 0.407 e. The van der Waals surface area contributed by atoms with Crippen LogP contribution >= 0.6 is 11.6 Å². The Labute approximate surface area is 184 Å². The number of halogens is 2. The molecule has 1 aliphatic heterocycles. The average Bonchev–Trinajstić information content (AvgIpc) is 3.39. The normalized spacial score (nSPS) is 14.9. The number of carbonyl (C=O) groups is 1. The fourth-order valence-corrected chi connectivity index (χ4v) is 4.18. The second kappa shape index (κ2) is 7.75. The molecule has 5 rings (SSSR count). The number of nitrogens with one attached hydrogen (secondary N) is 1. The lowest BCUT2D eigenvalue weighted by Crippen LogP contribution is -2.37. The van der Waals surface area contributed by atoms with Gasteiger partial charge in [0.1, 0.15) is 17.0 Å². The van der Waals surface area contributed by atoms with Crippen LogP contribution in [0.25, 0.3) is 28.5 Å². The molecule has 0 atom stereocenters. The number of carboxylic acid groups (broad SMARTS) is 1. The van der Waals surface area contributed by atoms with Gasteiger partial charge >= 0.3 is 6.09 Å². The molecule has 2 N–H and O–H groups in total. The molecule has 3 aromatic heterocycles. The zero-order valence-corrected chi connectivity index (χ0v) is 17.2. The first-order valence-corrected chi connectivity index (χ1v) is 10.2. The second-order valence-electron chi connectivity index (χ2n) is 7.50. The maximum Gasteiger partial charge on any atom is 0.407 e. The van der Waals surface area contributed by atoms with Gasteiger partial charge in [0.2, 0.25) is 5.82 Å².